The van der Waals surface area contributed by atoms with E-state index < -0.39 is 12.0 Å². The van der Waals surface area contributed by atoms with Gasteiger partial charge in [-0.2, -0.15) is 0 Å². The zero-order valence-electron chi connectivity index (χ0n) is 11.7. The fourth-order valence-corrected chi connectivity index (χ4v) is 2.92. The Morgan fingerprint density at radius 1 is 1.50 bits per heavy atom. The zero-order chi connectivity index (χ0) is 14.5. The maximum Gasteiger partial charge on any atom is 0.321 e. The highest BCUT2D eigenvalue weighted by molar-refractivity contribution is 5.73. The Bertz CT molecular complexity index is 450. The number of carboxylic acids is 1. The largest absolute Gasteiger partial charge is 0.480 e. The zero-order valence-corrected chi connectivity index (χ0v) is 11.7. The van der Waals surface area contributed by atoms with E-state index in [4.69, 9.17) is 0 Å². The third kappa shape index (κ3) is 3.77. The summed E-state index contributed by atoms with van der Waals surface area (Å²) in [5.41, 5.74) is 1.06. The Morgan fingerprint density at radius 2 is 2.20 bits per heavy atom. The molecule has 1 fully saturated rings. The van der Waals surface area contributed by atoms with Crippen molar-refractivity contribution in [3.05, 3.63) is 35.6 Å². The maximum absolute atomic E-state index is 12.9. The average molecular weight is 280 g/mol. The molecule has 1 heterocycles. The molecule has 110 valence electrons. The fourth-order valence-electron chi connectivity index (χ4n) is 2.92. The van der Waals surface area contributed by atoms with Crippen molar-refractivity contribution in [2.75, 3.05) is 20.1 Å². The van der Waals surface area contributed by atoms with Crippen molar-refractivity contribution < 1.29 is 14.3 Å². The van der Waals surface area contributed by atoms with Crippen molar-refractivity contribution in [2.24, 2.45) is 5.92 Å². The molecule has 5 heteroatoms. The van der Waals surface area contributed by atoms with Gasteiger partial charge in [-0.3, -0.25) is 9.69 Å². The standard InChI is InChI=1S/C15H21FN2O2/c1-17-14(15(19)20)12-3-2-8-18(10-12)9-11-4-6-13(16)7-5-11/h4-7,12,14,17H,2-3,8-10H2,1H3,(H,19,20). The molecule has 1 aliphatic rings. The van der Waals surface area contributed by atoms with Gasteiger partial charge in [-0.15, -0.1) is 0 Å². The number of hydrogen-bond donors (Lipinski definition) is 2. The summed E-state index contributed by atoms with van der Waals surface area (Å²) in [5.74, 6) is -0.903. The summed E-state index contributed by atoms with van der Waals surface area (Å²) in [6, 6.07) is 6.00. The first kappa shape index (κ1) is 14.9. The van der Waals surface area contributed by atoms with Gasteiger partial charge in [0, 0.05) is 13.1 Å². The number of nitrogens with one attached hydrogen (secondary N) is 1. The van der Waals surface area contributed by atoms with Crippen LogP contribution in [-0.4, -0.2) is 42.2 Å². The van der Waals surface area contributed by atoms with Crippen LogP contribution >= 0.6 is 0 Å². The third-order valence-corrected chi connectivity index (χ3v) is 3.91. The highest BCUT2D eigenvalue weighted by atomic mass is 19.1. The van der Waals surface area contributed by atoms with Gasteiger partial charge in [-0.05, 0) is 50.0 Å². The molecule has 2 rings (SSSR count). The molecule has 1 aromatic carbocycles. The van der Waals surface area contributed by atoms with Crippen LogP contribution in [0.1, 0.15) is 18.4 Å². The summed E-state index contributed by atoms with van der Waals surface area (Å²) in [5, 5.41) is 12.1. The molecule has 0 bridgehead atoms. The van der Waals surface area contributed by atoms with E-state index in [0.717, 1.165) is 38.0 Å². The second-order valence-electron chi connectivity index (χ2n) is 5.37. The van der Waals surface area contributed by atoms with Crippen molar-refractivity contribution in [1.29, 1.82) is 0 Å². The van der Waals surface area contributed by atoms with Crippen LogP contribution in [0.2, 0.25) is 0 Å². The van der Waals surface area contributed by atoms with Crippen molar-refractivity contribution in [2.45, 2.75) is 25.4 Å². The normalized spacial score (nSPS) is 21.6. The van der Waals surface area contributed by atoms with Gasteiger partial charge >= 0.3 is 5.97 Å². The lowest BCUT2D eigenvalue weighted by Gasteiger charge is -2.35. The van der Waals surface area contributed by atoms with E-state index in [1.54, 1.807) is 19.2 Å². The average Bonchev–Trinajstić information content (AvgIpc) is 2.42. The van der Waals surface area contributed by atoms with Gasteiger partial charge in [0.15, 0.2) is 0 Å². The number of aliphatic carboxylic acids is 1. The number of carboxylic acid groups (broad SMARTS) is 1. The lowest BCUT2D eigenvalue weighted by molar-refractivity contribution is -0.141. The van der Waals surface area contributed by atoms with Gasteiger partial charge in [-0.1, -0.05) is 12.1 Å². The molecule has 4 nitrogen and oxygen atoms in total. The van der Waals surface area contributed by atoms with E-state index in [2.05, 4.69) is 10.2 Å². The Kier molecular flexibility index (Phi) is 5.09. The first-order chi connectivity index (χ1) is 9.60. The summed E-state index contributed by atoms with van der Waals surface area (Å²) in [4.78, 5) is 13.5. The topological polar surface area (TPSA) is 52.6 Å². The number of likely N-dealkylation sites (tertiary alicyclic amines) is 1. The van der Waals surface area contributed by atoms with Crippen LogP contribution in [0.4, 0.5) is 4.39 Å². The van der Waals surface area contributed by atoms with Crippen LogP contribution in [0.15, 0.2) is 24.3 Å². The van der Waals surface area contributed by atoms with Crippen molar-refractivity contribution in [1.82, 2.24) is 10.2 Å². The second-order valence-corrected chi connectivity index (χ2v) is 5.37. The summed E-state index contributed by atoms with van der Waals surface area (Å²) in [6.45, 7) is 2.46. The van der Waals surface area contributed by atoms with Crippen molar-refractivity contribution >= 4 is 5.97 Å². The number of likely N-dealkylation sites (N-methyl/N-ethyl adjacent to an activating group) is 1. The van der Waals surface area contributed by atoms with E-state index in [1.165, 1.54) is 12.1 Å². The molecule has 2 N–H and O–H groups in total. The fraction of sp³-hybridized carbons (Fsp3) is 0.533. The number of hydrogen-bond acceptors (Lipinski definition) is 3. The Balaban J connectivity index is 1.96. The minimum absolute atomic E-state index is 0.117. The van der Waals surface area contributed by atoms with Gasteiger partial charge in [0.1, 0.15) is 11.9 Å². The molecule has 0 aromatic heterocycles. The summed E-state index contributed by atoms with van der Waals surface area (Å²) < 4.78 is 12.9. The van der Waals surface area contributed by atoms with E-state index in [-0.39, 0.29) is 11.7 Å². The predicted octanol–water partition coefficient (Wildman–Crippen LogP) is 1.71. The monoisotopic (exact) mass is 280 g/mol. The highest BCUT2D eigenvalue weighted by Crippen LogP contribution is 2.21. The molecule has 20 heavy (non-hydrogen) atoms. The van der Waals surface area contributed by atoms with Gasteiger partial charge < -0.3 is 10.4 Å². The molecule has 2 atom stereocenters. The van der Waals surface area contributed by atoms with Crippen LogP contribution in [0.3, 0.4) is 0 Å². The van der Waals surface area contributed by atoms with Gasteiger partial charge in [0.25, 0.3) is 0 Å². The minimum Gasteiger partial charge on any atom is -0.480 e. The van der Waals surface area contributed by atoms with E-state index in [0.29, 0.717) is 0 Å². The molecule has 1 saturated heterocycles. The second kappa shape index (κ2) is 6.81. The third-order valence-electron chi connectivity index (χ3n) is 3.91. The number of benzene rings is 1. The summed E-state index contributed by atoms with van der Waals surface area (Å²) in [7, 11) is 1.69. The first-order valence-corrected chi connectivity index (χ1v) is 6.97. The van der Waals surface area contributed by atoms with Gasteiger partial charge in [0.05, 0.1) is 0 Å². The van der Waals surface area contributed by atoms with Crippen LogP contribution < -0.4 is 5.32 Å². The molecule has 0 aliphatic carbocycles. The van der Waals surface area contributed by atoms with E-state index >= 15 is 0 Å². The molecule has 0 amide bonds. The van der Waals surface area contributed by atoms with E-state index in [9.17, 15) is 14.3 Å². The van der Waals surface area contributed by atoms with Crippen LogP contribution in [0, 0.1) is 11.7 Å². The van der Waals surface area contributed by atoms with Crippen LogP contribution in [0.25, 0.3) is 0 Å². The summed E-state index contributed by atoms with van der Waals surface area (Å²) in [6.07, 6.45) is 1.93. The number of carbonyl (C=O) groups is 1. The molecular formula is C15H21FN2O2. The molecule has 1 aromatic rings. The lowest BCUT2D eigenvalue weighted by atomic mass is 9.90. The molecule has 0 saturated carbocycles. The SMILES string of the molecule is CNC(C(=O)O)C1CCCN(Cc2ccc(F)cc2)C1. The summed E-state index contributed by atoms with van der Waals surface area (Å²) >= 11 is 0. The van der Waals surface area contributed by atoms with E-state index in [1.807, 2.05) is 0 Å². The smallest absolute Gasteiger partial charge is 0.321 e. The molecule has 0 radical (unpaired) electrons. The minimum atomic E-state index is -0.791. The van der Waals surface area contributed by atoms with Crippen molar-refractivity contribution in [3.8, 4) is 0 Å². The quantitative estimate of drug-likeness (QED) is 0.862. The molecule has 1 aliphatic heterocycles. The number of piperidine rings is 1. The Labute approximate surface area is 118 Å². The first-order valence-electron chi connectivity index (χ1n) is 6.97. The Hall–Kier alpha value is -1.46. The maximum atomic E-state index is 12.9. The van der Waals surface area contributed by atoms with Crippen molar-refractivity contribution in [3.63, 3.8) is 0 Å². The van der Waals surface area contributed by atoms with Crippen LogP contribution in [-0.2, 0) is 11.3 Å². The lowest BCUT2D eigenvalue weighted by Crippen LogP contribution is -2.48. The highest BCUT2D eigenvalue weighted by Gasteiger charge is 2.30. The molecular weight excluding hydrogens is 259 g/mol. The number of halogens is 1. The van der Waals surface area contributed by atoms with Gasteiger partial charge in [0.2, 0.25) is 0 Å². The number of nitrogens with zero attached hydrogens (tertiary/aromatic N) is 1. The molecule has 0 spiro atoms. The van der Waals surface area contributed by atoms with Crippen LogP contribution in [0.5, 0.6) is 0 Å². The van der Waals surface area contributed by atoms with Gasteiger partial charge in [-0.25, -0.2) is 4.39 Å². The Morgan fingerprint density at radius 3 is 2.80 bits per heavy atom. The predicted molar refractivity (Wildman–Crippen MR) is 74.9 cm³/mol. The number of rotatable bonds is 5. The molecule has 2 unspecified atom stereocenters.